The van der Waals surface area contributed by atoms with Gasteiger partial charge in [-0.2, -0.15) is 0 Å². The van der Waals surface area contributed by atoms with Gasteiger partial charge in [0.05, 0.1) is 4.47 Å². The number of ether oxygens (including phenoxy) is 1. The molecule has 0 aliphatic heterocycles. The molecule has 0 radical (unpaired) electrons. The molecule has 2 aromatic carbocycles. The van der Waals surface area contributed by atoms with Gasteiger partial charge in [0.1, 0.15) is 22.5 Å². The first-order valence-electron chi connectivity index (χ1n) is 5.39. The molecule has 3 aromatic rings. The molecule has 0 N–H and O–H groups in total. The van der Waals surface area contributed by atoms with Crippen LogP contribution in [-0.2, 0) is 0 Å². The van der Waals surface area contributed by atoms with Crippen molar-refractivity contribution in [2.24, 2.45) is 0 Å². The van der Waals surface area contributed by atoms with Crippen molar-refractivity contribution in [2.45, 2.75) is 6.92 Å². The number of aryl methyl sites for hydroxylation is 1. The summed E-state index contributed by atoms with van der Waals surface area (Å²) >= 11 is 3.41. The van der Waals surface area contributed by atoms with Crippen LogP contribution < -0.4 is 4.74 Å². The minimum atomic E-state index is 0.659. The molecular formula is C13H9BrN2O2. The van der Waals surface area contributed by atoms with Crippen molar-refractivity contribution in [3.05, 3.63) is 46.4 Å². The van der Waals surface area contributed by atoms with Gasteiger partial charge in [0.15, 0.2) is 0 Å². The van der Waals surface area contributed by atoms with Crippen molar-refractivity contribution in [2.75, 3.05) is 0 Å². The summed E-state index contributed by atoms with van der Waals surface area (Å²) < 4.78 is 11.2. The van der Waals surface area contributed by atoms with Gasteiger partial charge in [-0.1, -0.05) is 17.7 Å². The van der Waals surface area contributed by atoms with Gasteiger partial charge in [0.2, 0.25) is 0 Å². The maximum absolute atomic E-state index is 5.75. The molecule has 0 aliphatic rings. The first kappa shape index (κ1) is 11.2. The average molecular weight is 305 g/mol. The topological polar surface area (TPSA) is 48.2 Å². The minimum Gasteiger partial charge on any atom is -0.457 e. The highest BCUT2D eigenvalue weighted by Gasteiger charge is 2.08. The molecule has 0 spiro atoms. The maximum atomic E-state index is 5.75. The van der Waals surface area contributed by atoms with Crippen LogP contribution in [0.15, 0.2) is 45.5 Å². The molecule has 1 aromatic heterocycles. The highest BCUT2D eigenvalue weighted by molar-refractivity contribution is 9.10. The Kier molecular flexibility index (Phi) is 2.76. The van der Waals surface area contributed by atoms with Crippen LogP contribution in [0.25, 0.3) is 11.0 Å². The van der Waals surface area contributed by atoms with E-state index in [1.165, 1.54) is 5.56 Å². The summed E-state index contributed by atoms with van der Waals surface area (Å²) in [4.78, 5) is 0. The summed E-state index contributed by atoms with van der Waals surface area (Å²) in [5.41, 5.74) is 2.54. The van der Waals surface area contributed by atoms with Crippen molar-refractivity contribution in [1.82, 2.24) is 10.3 Å². The number of hydrogen-bond donors (Lipinski definition) is 0. The van der Waals surface area contributed by atoms with Gasteiger partial charge >= 0.3 is 0 Å². The Labute approximate surface area is 112 Å². The number of nitrogens with zero attached hydrogens (tertiary/aromatic N) is 2. The Morgan fingerprint density at radius 1 is 1.06 bits per heavy atom. The van der Waals surface area contributed by atoms with Crippen molar-refractivity contribution in [3.63, 3.8) is 0 Å². The predicted octanol–water partition coefficient (Wildman–Crippen LogP) is 4.09. The van der Waals surface area contributed by atoms with Crippen molar-refractivity contribution in [3.8, 4) is 11.5 Å². The van der Waals surface area contributed by atoms with E-state index in [9.17, 15) is 0 Å². The molecule has 4 nitrogen and oxygen atoms in total. The molecule has 0 fully saturated rings. The highest BCUT2D eigenvalue weighted by atomic mass is 79.9. The van der Waals surface area contributed by atoms with Crippen LogP contribution in [0.4, 0.5) is 0 Å². The molecule has 0 bridgehead atoms. The van der Waals surface area contributed by atoms with Gasteiger partial charge in [0, 0.05) is 6.07 Å². The van der Waals surface area contributed by atoms with Crippen LogP contribution in [0.5, 0.6) is 11.5 Å². The van der Waals surface area contributed by atoms with E-state index >= 15 is 0 Å². The Bertz CT molecular complexity index is 692. The SMILES string of the molecule is Cc1ccc(Oc2cc(Br)c3nonc3c2)cc1. The van der Waals surface area contributed by atoms with E-state index in [-0.39, 0.29) is 0 Å². The zero-order valence-electron chi connectivity index (χ0n) is 9.55. The lowest BCUT2D eigenvalue weighted by atomic mass is 10.2. The lowest BCUT2D eigenvalue weighted by Gasteiger charge is -2.06. The number of rotatable bonds is 2. The molecule has 18 heavy (non-hydrogen) atoms. The largest absolute Gasteiger partial charge is 0.457 e. The summed E-state index contributed by atoms with van der Waals surface area (Å²) in [6.07, 6.45) is 0. The number of hydrogen-bond acceptors (Lipinski definition) is 4. The van der Waals surface area contributed by atoms with E-state index in [2.05, 4.69) is 30.9 Å². The second-order valence-electron chi connectivity index (χ2n) is 3.95. The summed E-state index contributed by atoms with van der Waals surface area (Å²) in [5.74, 6) is 1.47. The smallest absolute Gasteiger partial charge is 0.149 e. The van der Waals surface area contributed by atoms with Crippen LogP contribution in [0.3, 0.4) is 0 Å². The molecule has 0 amide bonds. The van der Waals surface area contributed by atoms with Crippen LogP contribution >= 0.6 is 15.9 Å². The molecule has 0 aliphatic carbocycles. The average Bonchev–Trinajstić information content (AvgIpc) is 2.81. The third-order valence-corrected chi connectivity index (χ3v) is 3.15. The molecule has 90 valence electrons. The standard InChI is InChI=1S/C13H9BrN2O2/c1-8-2-4-9(5-3-8)17-10-6-11(14)13-12(7-10)15-18-16-13/h2-7H,1H3. The highest BCUT2D eigenvalue weighted by Crippen LogP contribution is 2.30. The normalized spacial score (nSPS) is 10.8. The third-order valence-electron chi connectivity index (χ3n) is 2.54. The minimum absolute atomic E-state index is 0.659. The molecule has 3 rings (SSSR count). The lowest BCUT2D eigenvalue weighted by molar-refractivity contribution is 0.315. The molecule has 1 heterocycles. The maximum Gasteiger partial charge on any atom is 0.149 e. The van der Waals surface area contributed by atoms with E-state index in [0.29, 0.717) is 16.8 Å². The quantitative estimate of drug-likeness (QED) is 0.715. The Balaban J connectivity index is 1.97. The lowest BCUT2D eigenvalue weighted by Crippen LogP contribution is -1.85. The van der Waals surface area contributed by atoms with Gasteiger partial charge in [0.25, 0.3) is 0 Å². The number of halogens is 1. The fraction of sp³-hybridized carbons (Fsp3) is 0.0769. The van der Waals surface area contributed by atoms with E-state index in [4.69, 9.17) is 4.74 Å². The summed E-state index contributed by atoms with van der Waals surface area (Å²) in [6, 6.07) is 11.5. The number of aromatic nitrogens is 2. The van der Waals surface area contributed by atoms with Crippen LogP contribution in [0.1, 0.15) is 5.56 Å². The third kappa shape index (κ3) is 2.09. The molecule has 5 heteroatoms. The van der Waals surface area contributed by atoms with Crippen LogP contribution in [0.2, 0.25) is 0 Å². The van der Waals surface area contributed by atoms with Gasteiger partial charge in [-0.3, -0.25) is 0 Å². The zero-order valence-corrected chi connectivity index (χ0v) is 11.1. The summed E-state index contributed by atoms with van der Waals surface area (Å²) in [6.45, 7) is 2.04. The van der Waals surface area contributed by atoms with Crippen LogP contribution in [-0.4, -0.2) is 10.3 Å². The Morgan fingerprint density at radius 3 is 2.61 bits per heavy atom. The fourth-order valence-electron chi connectivity index (χ4n) is 1.63. The van der Waals surface area contributed by atoms with E-state index in [1.807, 2.05) is 37.3 Å². The van der Waals surface area contributed by atoms with Gasteiger partial charge in [-0.05, 0) is 51.4 Å². The molecular weight excluding hydrogens is 296 g/mol. The van der Waals surface area contributed by atoms with Gasteiger partial charge in [-0.25, -0.2) is 4.63 Å². The van der Waals surface area contributed by atoms with Crippen molar-refractivity contribution in [1.29, 1.82) is 0 Å². The Hall–Kier alpha value is -1.88. The first-order valence-corrected chi connectivity index (χ1v) is 6.18. The van der Waals surface area contributed by atoms with E-state index in [0.717, 1.165) is 10.2 Å². The van der Waals surface area contributed by atoms with Crippen molar-refractivity contribution >= 4 is 27.0 Å². The van der Waals surface area contributed by atoms with Gasteiger partial charge < -0.3 is 4.74 Å². The van der Waals surface area contributed by atoms with Crippen molar-refractivity contribution < 1.29 is 9.37 Å². The number of benzene rings is 2. The monoisotopic (exact) mass is 304 g/mol. The molecule has 0 atom stereocenters. The first-order chi connectivity index (χ1) is 8.72. The fourth-order valence-corrected chi connectivity index (χ4v) is 2.13. The van der Waals surface area contributed by atoms with Crippen LogP contribution in [0, 0.1) is 6.92 Å². The zero-order chi connectivity index (χ0) is 12.5. The second-order valence-corrected chi connectivity index (χ2v) is 4.81. The summed E-state index contributed by atoms with van der Waals surface area (Å²) in [7, 11) is 0. The molecule has 0 unspecified atom stereocenters. The summed E-state index contributed by atoms with van der Waals surface area (Å²) in [5, 5.41) is 7.59. The van der Waals surface area contributed by atoms with E-state index < -0.39 is 0 Å². The second kappa shape index (κ2) is 4.42. The molecule has 0 saturated heterocycles. The predicted molar refractivity (Wildman–Crippen MR) is 70.8 cm³/mol. The Morgan fingerprint density at radius 2 is 1.83 bits per heavy atom. The number of fused-ring (bicyclic) bond motifs is 1. The molecule has 0 saturated carbocycles. The van der Waals surface area contributed by atoms with E-state index in [1.54, 1.807) is 6.07 Å². The van der Waals surface area contributed by atoms with Gasteiger partial charge in [-0.15, -0.1) is 0 Å².